The number of aliphatic carboxylic acids is 1. The van der Waals surface area contributed by atoms with E-state index in [4.69, 9.17) is 11.6 Å². The number of hydrogen-bond acceptors (Lipinski definition) is 6. The first-order chi connectivity index (χ1) is 17.1. The summed E-state index contributed by atoms with van der Waals surface area (Å²) in [5.74, 6) is -2.60. The number of nitrogens with one attached hydrogen (secondary N) is 2. The zero-order valence-corrected chi connectivity index (χ0v) is 20.4. The van der Waals surface area contributed by atoms with Gasteiger partial charge in [0, 0.05) is 36.3 Å². The number of carbonyl (C=O) groups is 2. The van der Waals surface area contributed by atoms with Crippen molar-refractivity contribution in [2.45, 2.75) is 31.4 Å². The highest BCUT2D eigenvalue weighted by atomic mass is 35.5. The summed E-state index contributed by atoms with van der Waals surface area (Å²) in [5, 5.41) is 32.9. The first-order valence-electron chi connectivity index (χ1n) is 11.5. The van der Waals surface area contributed by atoms with Crippen LogP contribution < -0.4 is 5.32 Å². The maximum absolute atomic E-state index is 14.3. The van der Waals surface area contributed by atoms with E-state index in [2.05, 4.69) is 20.7 Å². The number of β-amino-alcohol motifs (C(OH)–C–C–N with tert-alkyl or cyclic N) is 1. The Morgan fingerprint density at radius 1 is 1.25 bits per heavy atom. The molecule has 0 spiro atoms. The van der Waals surface area contributed by atoms with Gasteiger partial charge in [0.25, 0.3) is 5.91 Å². The molecular weight excluding hydrogens is 489 g/mol. The molecule has 0 saturated carbocycles. The summed E-state index contributed by atoms with van der Waals surface area (Å²) >= 11 is 6.01. The van der Waals surface area contributed by atoms with Gasteiger partial charge in [0.05, 0.1) is 17.7 Å². The standard InChI is InChI=1S/C25H27ClFN5O4/c1-25(36)13-32(14-25)12-17(24(34)35)9-19(29-23(33)22-11-28-31-30-22)8-15-2-4-16(5-3-15)20-10-18(26)6-7-21(20)27/h2-7,10-11,17,19,36H,8-9,12-14H2,1H3,(H,29,33)(H,34,35)(H,28,30,31). The van der Waals surface area contributed by atoms with Crippen LogP contribution in [0.25, 0.3) is 11.1 Å². The van der Waals surface area contributed by atoms with Crippen molar-refractivity contribution in [3.8, 4) is 11.1 Å². The number of nitrogens with zero attached hydrogens (tertiary/aromatic N) is 3. The van der Waals surface area contributed by atoms with Crippen molar-refractivity contribution in [3.63, 3.8) is 0 Å². The van der Waals surface area contributed by atoms with E-state index in [1.807, 2.05) is 17.0 Å². The lowest BCUT2D eigenvalue weighted by Crippen LogP contribution is -2.61. The van der Waals surface area contributed by atoms with E-state index in [0.717, 1.165) is 5.56 Å². The molecule has 0 bridgehead atoms. The van der Waals surface area contributed by atoms with Gasteiger partial charge in [-0.1, -0.05) is 35.9 Å². The van der Waals surface area contributed by atoms with Gasteiger partial charge in [-0.3, -0.25) is 14.5 Å². The third-order valence-electron chi connectivity index (χ3n) is 6.18. The minimum absolute atomic E-state index is 0.0949. The maximum atomic E-state index is 14.3. The minimum atomic E-state index is -0.978. The average Bonchev–Trinajstić information content (AvgIpc) is 3.34. The number of carboxylic acids is 1. The van der Waals surface area contributed by atoms with Gasteiger partial charge in [0.15, 0.2) is 5.69 Å². The van der Waals surface area contributed by atoms with Crippen LogP contribution in [0, 0.1) is 11.7 Å². The number of aliphatic hydroxyl groups is 1. The van der Waals surface area contributed by atoms with Crippen molar-refractivity contribution < 1.29 is 24.2 Å². The molecule has 2 heterocycles. The van der Waals surface area contributed by atoms with Crippen molar-refractivity contribution in [2.24, 2.45) is 5.92 Å². The van der Waals surface area contributed by atoms with E-state index in [1.54, 1.807) is 25.1 Å². The number of rotatable bonds is 10. The molecule has 4 rings (SSSR count). The quantitative estimate of drug-likeness (QED) is 0.326. The smallest absolute Gasteiger partial charge is 0.307 e. The van der Waals surface area contributed by atoms with Crippen molar-refractivity contribution in [1.29, 1.82) is 0 Å². The lowest BCUT2D eigenvalue weighted by molar-refractivity contribution is -0.146. The van der Waals surface area contributed by atoms with Crippen molar-refractivity contribution >= 4 is 23.5 Å². The van der Waals surface area contributed by atoms with Gasteiger partial charge in [-0.05, 0) is 49.1 Å². The fourth-order valence-electron chi connectivity index (χ4n) is 4.54. The van der Waals surface area contributed by atoms with Crippen LogP contribution in [-0.4, -0.2) is 73.7 Å². The lowest BCUT2D eigenvalue weighted by atomic mass is 9.90. The minimum Gasteiger partial charge on any atom is -0.481 e. The summed E-state index contributed by atoms with van der Waals surface area (Å²) in [7, 11) is 0. The Labute approximate surface area is 212 Å². The summed E-state index contributed by atoms with van der Waals surface area (Å²) in [6.07, 6.45) is 1.81. The molecule has 0 aliphatic carbocycles. The number of amides is 1. The Morgan fingerprint density at radius 3 is 2.58 bits per heavy atom. The van der Waals surface area contributed by atoms with Crippen LogP contribution in [0.15, 0.2) is 48.7 Å². The summed E-state index contributed by atoms with van der Waals surface area (Å²) < 4.78 is 14.3. The average molecular weight is 516 g/mol. The number of aromatic amines is 1. The Balaban J connectivity index is 1.50. The largest absolute Gasteiger partial charge is 0.481 e. The van der Waals surface area contributed by atoms with Crippen molar-refractivity contribution in [1.82, 2.24) is 25.6 Å². The van der Waals surface area contributed by atoms with Gasteiger partial charge in [0.2, 0.25) is 0 Å². The van der Waals surface area contributed by atoms with Crippen LogP contribution >= 0.6 is 11.6 Å². The Morgan fingerprint density at radius 2 is 1.97 bits per heavy atom. The molecular formula is C25H27ClFN5O4. The third-order valence-corrected chi connectivity index (χ3v) is 6.42. The molecule has 36 heavy (non-hydrogen) atoms. The molecule has 1 amide bonds. The predicted octanol–water partition coefficient (Wildman–Crippen LogP) is 2.76. The van der Waals surface area contributed by atoms with E-state index in [1.165, 1.54) is 18.3 Å². The molecule has 9 nitrogen and oxygen atoms in total. The number of aromatic nitrogens is 3. The Bertz CT molecular complexity index is 1210. The van der Waals surface area contributed by atoms with Gasteiger partial charge in [-0.25, -0.2) is 4.39 Å². The van der Waals surface area contributed by atoms with Gasteiger partial charge in [0.1, 0.15) is 5.82 Å². The molecule has 2 atom stereocenters. The number of carbonyl (C=O) groups excluding carboxylic acids is 1. The van der Waals surface area contributed by atoms with Gasteiger partial charge in [-0.2, -0.15) is 15.4 Å². The molecule has 1 aliphatic heterocycles. The normalized spacial score (nSPS) is 16.7. The van der Waals surface area contributed by atoms with Crippen LogP contribution in [0.1, 0.15) is 29.4 Å². The van der Waals surface area contributed by atoms with Crippen LogP contribution in [-0.2, 0) is 11.2 Å². The third kappa shape index (κ3) is 6.45. The molecule has 1 aromatic heterocycles. The summed E-state index contributed by atoms with van der Waals surface area (Å²) in [6.45, 7) is 2.76. The Kier molecular flexibility index (Phi) is 7.67. The van der Waals surface area contributed by atoms with E-state index in [9.17, 15) is 24.2 Å². The molecule has 3 aromatic rings. The molecule has 1 fully saturated rings. The van der Waals surface area contributed by atoms with Crippen LogP contribution in [0.4, 0.5) is 4.39 Å². The number of likely N-dealkylation sites (tertiary alicyclic amines) is 1. The summed E-state index contributed by atoms with van der Waals surface area (Å²) in [4.78, 5) is 26.6. The monoisotopic (exact) mass is 515 g/mol. The van der Waals surface area contributed by atoms with Gasteiger partial charge in [-0.15, -0.1) is 0 Å². The number of benzene rings is 2. The number of halogens is 2. The molecule has 0 radical (unpaired) electrons. The van der Waals surface area contributed by atoms with Crippen LogP contribution in [0.3, 0.4) is 0 Å². The van der Waals surface area contributed by atoms with E-state index >= 15 is 0 Å². The Hall–Kier alpha value is -3.34. The molecule has 1 saturated heterocycles. The van der Waals surface area contributed by atoms with E-state index in [0.29, 0.717) is 35.7 Å². The molecule has 2 unspecified atom stereocenters. The van der Waals surface area contributed by atoms with Crippen molar-refractivity contribution in [2.75, 3.05) is 19.6 Å². The number of hydrogen-bond donors (Lipinski definition) is 4. The fourth-order valence-corrected chi connectivity index (χ4v) is 4.71. The first-order valence-corrected chi connectivity index (χ1v) is 11.9. The zero-order valence-electron chi connectivity index (χ0n) is 19.6. The van der Waals surface area contributed by atoms with Crippen LogP contribution in [0.5, 0.6) is 0 Å². The number of H-pyrrole nitrogens is 1. The van der Waals surface area contributed by atoms with E-state index < -0.39 is 29.4 Å². The SMILES string of the molecule is CC1(O)CN(CC(CC(Cc2ccc(-c3cc(Cl)ccc3F)cc2)NC(=O)c2cn[nH]n2)C(=O)O)C1. The second-order valence-electron chi connectivity index (χ2n) is 9.49. The van der Waals surface area contributed by atoms with Gasteiger partial charge < -0.3 is 15.5 Å². The second-order valence-corrected chi connectivity index (χ2v) is 9.92. The molecule has 190 valence electrons. The number of carboxylic acid groups (broad SMARTS) is 1. The maximum Gasteiger partial charge on any atom is 0.307 e. The predicted molar refractivity (Wildman–Crippen MR) is 131 cm³/mol. The lowest BCUT2D eigenvalue weighted by Gasteiger charge is -2.45. The summed E-state index contributed by atoms with van der Waals surface area (Å²) in [6, 6.07) is 11.0. The van der Waals surface area contributed by atoms with Crippen LogP contribution in [0.2, 0.25) is 5.02 Å². The van der Waals surface area contributed by atoms with Crippen molar-refractivity contribution in [3.05, 3.63) is 70.8 Å². The second kappa shape index (κ2) is 10.7. The fraction of sp³-hybridized carbons (Fsp3) is 0.360. The highest BCUT2D eigenvalue weighted by Gasteiger charge is 2.39. The molecule has 2 aromatic carbocycles. The van der Waals surface area contributed by atoms with Gasteiger partial charge >= 0.3 is 5.97 Å². The van der Waals surface area contributed by atoms with E-state index in [-0.39, 0.29) is 24.5 Å². The first kappa shape index (κ1) is 25.7. The highest BCUT2D eigenvalue weighted by molar-refractivity contribution is 6.30. The highest BCUT2D eigenvalue weighted by Crippen LogP contribution is 2.27. The molecule has 11 heteroatoms. The molecule has 1 aliphatic rings. The molecule has 4 N–H and O–H groups in total. The summed E-state index contributed by atoms with van der Waals surface area (Å²) in [5.41, 5.74) is 1.14. The topological polar surface area (TPSA) is 131 Å². The zero-order chi connectivity index (χ0) is 25.9.